The molecule has 0 aromatic heterocycles. The van der Waals surface area contributed by atoms with Crippen molar-refractivity contribution in [1.82, 2.24) is 9.80 Å². The Morgan fingerprint density at radius 1 is 0.966 bits per heavy atom. The van der Waals surface area contributed by atoms with Gasteiger partial charge >= 0.3 is 0 Å². The number of hydrogen-bond acceptors (Lipinski definition) is 3. The van der Waals surface area contributed by atoms with Gasteiger partial charge in [0.15, 0.2) is 0 Å². The maximum Gasteiger partial charge on any atom is 0.256 e. The molecule has 1 saturated heterocycles. The molecule has 29 heavy (non-hydrogen) atoms. The number of para-hydroxylation sites is 1. The first-order valence-electron chi connectivity index (χ1n) is 10.5. The number of nitrogens with one attached hydrogen (secondary N) is 1. The van der Waals surface area contributed by atoms with Gasteiger partial charge in [-0.05, 0) is 57.4 Å². The lowest BCUT2D eigenvalue weighted by atomic mass is 9.97. The Morgan fingerprint density at radius 3 is 2.38 bits per heavy atom. The number of aryl methyl sites for hydroxylation is 2. The third-order valence-electron chi connectivity index (χ3n) is 6.36. The molecule has 2 aromatic rings. The van der Waals surface area contributed by atoms with Gasteiger partial charge in [0.1, 0.15) is 0 Å². The van der Waals surface area contributed by atoms with Crippen molar-refractivity contribution in [1.29, 1.82) is 0 Å². The van der Waals surface area contributed by atoms with Crippen molar-refractivity contribution in [2.24, 2.45) is 0 Å². The second-order valence-electron chi connectivity index (χ2n) is 8.22. The Bertz CT molecular complexity index is 939. The maximum atomic E-state index is 13.4. The van der Waals surface area contributed by atoms with E-state index >= 15 is 0 Å². The summed E-state index contributed by atoms with van der Waals surface area (Å²) in [6.45, 7) is 8.08. The van der Waals surface area contributed by atoms with Gasteiger partial charge in [-0.25, -0.2) is 0 Å². The number of benzene rings is 2. The monoisotopic (exact) mass is 391 g/mol. The summed E-state index contributed by atoms with van der Waals surface area (Å²) in [5, 5.41) is 3.42. The minimum atomic E-state index is -0.0514. The van der Waals surface area contributed by atoms with E-state index in [4.69, 9.17) is 0 Å². The number of carbonyl (C=O) groups excluding carboxylic acids is 2. The molecule has 2 aliphatic rings. The van der Waals surface area contributed by atoms with Gasteiger partial charge in [-0.15, -0.1) is 0 Å². The number of carbonyl (C=O) groups is 2. The second-order valence-corrected chi connectivity index (χ2v) is 8.22. The quantitative estimate of drug-likeness (QED) is 0.849. The van der Waals surface area contributed by atoms with Crippen LogP contribution in [0.2, 0.25) is 0 Å². The molecule has 2 atom stereocenters. The van der Waals surface area contributed by atoms with Crippen molar-refractivity contribution in [3.63, 3.8) is 0 Å². The molecule has 2 unspecified atom stereocenters. The van der Waals surface area contributed by atoms with Gasteiger partial charge in [-0.2, -0.15) is 0 Å². The fraction of sp³-hybridized carbons (Fsp3) is 0.417. The lowest BCUT2D eigenvalue weighted by Gasteiger charge is -2.45. The van der Waals surface area contributed by atoms with Gasteiger partial charge in [0, 0.05) is 37.3 Å². The van der Waals surface area contributed by atoms with Gasteiger partial charge in [-0.1, -0.05) is 29.8 Å². The summed E-state index contributed by atoms with van der Waals surface area (Å²) in [5.74, 6) is 0.0946. The SMILES string of the molecule is Cc1cccc(C(=O)N2CCN(C(=O)c3cccc4c3NCCC4)C(C)C2C)c1. The Hall–Kier alpha value is -2.82. The molecule has 1 N–H and O–H groups in total. The highest BCUT2D eigenvalue weighted by Gasteiger charge is 2.37. The fourth-order valence-corrected chi connectivity index (χ4v) is 4.50. The van der Waals surface area contributed by atoms with Crippen LogP contribution >= 0.6 is 0 Å². The van der Waals surface area contributed by atoms with Crippen LogP contribution in [0.15, 0.2) is 42.5 Å². The molecule has 2 aromatic carbocycles. The van der Waals surface area contributed by atoms with Gasteiger partial charge in [0.05, 0.1) is 11.3 Å². The largest absolute Gasteiger partial charge is 0.384 e. The Labute approximate surface area is 172 Å². The van der Waals surface area contributed by atoms with E-state index in [1.165, 1.54) is 5.56 Å². The number of nitrogens with zero attached hydrogens (tertiary/aromatic N) is 2. The van der Waals surface area contributed by atoms with E-state index in [0.29, 0.717) is 18.7 Å². The van der Waals surface area contributed by atoms with E-state index in [-0.39, 0.29) is 23.9 Å². The molecule has 0 saturated carbocycles. The van der Waals surface area contributed by atoms with E-state index in [1.54, 1.807) is 0 Å². The van der Waals surface area contributed by atoms with E-state index in [2.05, 4.69) is 11.4 Å². The molecule has 5 heteroatoms. The number of amides is 2. The van der Waals surface area contributed by atoms with Crippen LogP contribution in [0, 0.1) is 6.92 Å². The molecule has 0 bridgehead atoms. The highest BCUT2D eigenvalue weighted by molar-refractivity contribution is 6.01. The molecule has 5 nitrogen and oxygen atoms in total. The summed E-state index contributed by atoms with van der Waals surface area (Å²) in [6.07, 6.45) is 2.10. The first-order chi connectivity index (χ1) is 14.0. The summed E-state index contributed by atoms with van der Waals surface area (Å²) < 4.78 is 0. The molecule has 2 amide bonds. The molecule has 0 spiro atoms. The Kier molecular flexibility index (Phi) is 5.31. The minimum absolute atomic E-state index is 0.0407. The van der Waals surface area contributed by atoms with E-state index < -0.39 is 0 Å². The topological polar surface area (TPSA) is 52.7 Å². The summed E-state index contributed by atoms with van der Waals surface area (Å²) in [7, 11) is 0. The van der Waals surface area contributed by atoms with Crippen molar-refractivity contribution < 1.29 is 9.59 Å². The number of fused-ring (bicyclic) bond motifs is 1. The molecular formula is C24H29N3O2. The molecule has 0 aliphatic carbocycles. The number of rotatable bonds is 2. The van der Waals surface area contributed by atoms with Crippen LogP contribution in [0.1, 0.15) is 52.1 Å². The van der Waals surface area contributed by atoms with Crippen LogP contribution in [-0.4, -0.2) is 53.3 Å². The zero-order valence-electron chi connectivity index (χ0n) is 17.4. The van der Waals surface area contributed by atoms with Crippen molar-refractivity contribution in [2.75, 3.05) is 25.0 Å². The summed E-state index contributed by atoms with van der Waals surface area (Å²) in [6, 6.07) is 13.6. The lowest BCUT2D eigenvalue weighted by molar-refractivity contribution is 0.0241. The molecule has 4 rings (SSSR count). The molecule has 152 valence electrons. The van der Waals surface area contributed by atoms with Crippen LogP contribution in [0.3, 0.4) is 0 Å². The van der Waals surface area contributed by atoms with Gasteiger partial charge < -0.3 is 15.1 Å². The summed E-state index contributed by atoms with van der Waals surface area (Å²) >= 11 is 0. The van der Waals surface area contributed by atoms with E-state index in [9.17, 15) is 9.59 Å². The van der Waals surface area contributed by atoms with Crippen molar-refractivity contribution >= 4 is 17.5 Å². The molecule has 1 fully saturated rings. The molecule has 2 heterocycles. The van der Waals surface area contributed by atoms with Crippen LogP contribution in [-0.2, 0) is 6.42 Å². The van der Waals surface area contributed by atoms with Gasteiger partial charge in [0.2, 0.25) is 0 Å². The first-order valence-corrected chi connectivity index (χ1v) is 10.5. The molecule has 2 aliphatic heterocycles. The third kappa shape index (κ3) is 3.61. The number of anilines is 1. The van der Waals surface area contributed by atoms with Crippen LogP contribution < -0.4 is 5.32 Å². The summed E-state index contributed by atoms with van der Waals surface area (Å²) in [5.41, 5.74) is 4.74. The summed E-state index contributed by atoms with van der Waals surface area (Å²) in [4.78, 5) is 30.3. The Morgan fingerprint density at radius 2 is 1.66 bits per heavy atom. The zero-order valence-corrected chi connectivity index (χ0v) is 17.4. The van der Waals surface area contributed by atoms with Crippen molar-refractivity contribution in [3.8, 4) is 0 Å². The maximum absolute atomic E-state index is 13.4. The van der Waals surface area contributed by atoms with Crippen LogP contribution in [0.5, 0.6) is 0 Å². The second kappa shape index (κ2) is 7.90. The van der Waals surface area contributed by atoms with Crippen LogP contribution in [0.4, 0.5) is 5.69 Å². The first kappa shape index (κ1) is 19.5. The van der Waals surface area contributed by atoms with Crippen LogP contribution in [0.25, 0.3) is 0 Å². The van der Waals surface area contributed by atoms with Gasteiger partial charge in [-0.3, -0.25) is 9.59 Å². The number of hydrogen-bond donors (Lipinski definition) is 1. The smallest absolute Gasteiger partial charge is 0.256 e. The van der Waals surface area contributed by atoms with Crippen molar-refractivity contribution in [3.05, 3.63) is 64.7 Å². The molecule has 0 radical (unpaired) electrons. The van der Waals surface area contributed by atoms with Gasteiger partial charge in [0.25, 0.3) is 11.8 Å². The average molecular weight is 392 g/mol. The molecular weight excluding hydrogens is 362 g/mol. The van der Waals surface area contributed by atoms with Crippen molar-refractivity contribution in [2.45, 2.75) is 45.7 Å². The Balaban J connectivity index is 1.54. The normalized spacial score (nSPS) is 21.3. The average Bonchev–Trinajstić information content (AvgIpc) is 2.74. The standard InChI is InChI=1S/C24H29N3O2/c1-16-7-4-9-20(15-16)23(28)26-13-14-27(18(3)17(26)2)24(29)21-11-5-8-19-10-6-12-25-22(19)21/h4-5,7-9,11,15,17-18,25H,6,10,12-14H2,1-3H3. The highest BCUT2D eigenvalue weighted by atomic mass is 16.2. The lowest BCUT2D eigenvalue weighted by Crippen LogP contribution is -2.60. The zero-order chi connectivity index (χ0) is 20.5. The highest BCUT2D eigenvalue weighted by Crippen LogP contribution is 2.29. The fourth-order valence-electron chi connectivity index (χ4n) is 4.50. The third-order valence-corrected chi connectivity index (χ3v) is 6.36. The predicted octanol–water partition coefficient (Wildman–Crippen LogP) is 3.73. The number of piperazine rings is 1. The van der Waals surface area contributed by atoms with E-state index in [1.807, 2.05) is 67.0 Å². The predicted molar refractivity (Wildman–Crippen MR) is 115 cm³/mol. The minimum Gasteiger partial charge on any atom is -0.384 e. The van der Waals surface area contributed by atoms with E-state index in [0.717, 1.165) is 36.2 Å².